The number of halogens is 1. The Labute approximate surface area is 140 Å². The average molecular weight is 353 g/mol. The van der Waals surface area contributed by atoms with Gasteiger partial charge in [0.15, 0.2) is 0 Å². The van der Waals surface area contributed by atoms with Crippen LogP contribution in [-0.4, -0.2) is 37.5 Å². The minimum absolute atomic E-state index is 0.0870. The van der Waals surface area contributed by atoms with Crippen LogP contribution in [0.15, 0.2) is 41.6 Å². The largest absolute Gasteiger partial charge is 0.378 e. The van der Waals surface area contributed by atoms with Crippen LogP contribution >= 0.6 is 0 Å². The van der Waals surface area contributed by atoms with Crippen molar-refractivity contribution in [2.75, 3.05) is 13.2 Å². The number of aromatic nitrogens is 2. The van der Waals surface area contributed by atoms with E-state index in [0.29, 0.717) is 13.2 Å². The van der Waals surface area contributed by atoms with Crippen LogP contribution in [0.1, 0.15) is 19.8 Å². The van der Waals surface area contributed by atoms with E-state index in [-0.39, 0.29) is 22.6 Å². The van der Waals surface area contributed by atoms with Gasteiger partial charge in [-0.2, -0.15) is 5.10 Å². The Morgan fingerprint density at radius 3 is 2.96 bits per heavy atom. The molecule has 1 fully saturated rings. The number of nitrogens with one attached hydrogen (secondary N) is 1. The lowest BCUT2D eigenvalue weighted by atomic mass is 9.97. The van der Waals surface area contributed by atoms with E-state index in [1.807, 2.05) is 6.92 Å². The zero-order valence-corrected chi connectivity index (χ0v) is 14.2. The number of hydrogen-bond donors (Lipinski definition) is 1. The van der Waals surface area contributed by atoms with E-state index in [1.165, 1.54) is 23.0 Å². The van der Waals surface area contributed by atoms with Gasteiger partial charge >= 0.3 is 0 Å². The third-order valence-electron chi connectivity index (χ3n) is 4.14. The van der Waals surface area contributed by atoms with Crippen LogP contribution in [0.25, 0.3) is 5.69 Å². The first-order valence-electron chi connectivity index (χ1n) is 7.86. The molecular weight excluding hydrogens is 333 g/mol. The number of hydrogen-bond acceptors (Lipinski definition) is 4. The van der Waals surface area contributed by atoms with E-state index < -0.39 is 15.8 Å². The van der Waals surface area contributed by atoms with Crippen LogP contribution in [0.2, 0.25) is 0 Å². The number of rotatable bonds is 5. The normalized spacial score (nSPS) is 21.8. The second kappa shape index (κ2) is 7.00. The number of nitrogens with zero attached hydrogens (tertiary/aromatic N) is 2. The van der Waals surface area contributed by atoms with Gasteiger partial charge in [0.05, 0.1) is 11.0 Å². The maximum absolute atomic E-state index is 14.2. The molecule has 2 unspecified atom stereocenters. The van der Waals surface area contributed by atoms with Gasteiger partial charge < -0.3 is 4.74 Å². The molecule has 0 spiro atoms. The summed E-state index contributed by atoms with van der Waals surface area (Å²) in [6.07, 6.45) is 4.89. The Kier molecular flexibility index (Phi) is 4.98. The van der Waals surface area contributed by atoms with E-state index in [2.05, 4.69) is 9.82 Å². The Hall–Kier alpha value is -1.77. The van der Waals surface area contributed by atoms with Crippen molar-refractivity contribution in [2.24, 2.45) is 5.92 Å². The highest BCUT2D eigenvalue weighted by Crippen LogP contribution is 2.21. The number of sulfonamides is 1. The highest BCUT2D eigenvalue weighted by molar-refractivity contribution is 7.89. The first-order valence-corrected chi connectivity index (χ1v) is 9.35. The fourth-order valence-electron chi connectivity index (χ4n) is 2.84. The van der Waals surface area contributed by atoms with Crippen LogP contribution in [0.3, 0.4) is 0 Å². The lowest BCUT2D eigenvalue weighted by Gasteiger charge is -2.27. The maximum atomic E-state index is 14.2. The molecule has 1 aliphatic rings. The molecule has 1 N–H and O–H groups in total. The summed E-state index contributed by atoms with van der Waals surface area (Å²) in [6.45, 7) is 2.95. The minimum Gasteiger partial charge on any atom is -0.378 e. The van der Waals surface area contributed by atoms with Gasteiger partial charge in [0.25, 0.3) is 0 Å². The fourth-order valence-corrected chi connectivity index (χ4v) is 3.97. The molecule has 1 aromatic heterocycles. The predicted molar refractivity (Wildman–Crippen MR) is 86.8 cm³/mol. The van der Waals surface area contributed by atoms with Crippen molar-refractivity contribution in [3.63, 3.8) is 0 Å². The molecule has 0 bridgehead atoms. The molecule has 8 heteroatoms. The van der Waals surface area contributed by atoms with E-state index >= 15 is 0 Å². The summed E-state index contributed by atoms with van der Waals surface area (Å²) in [4.78, 5) is -0.0870. The van der Waals surface area contributed by atoms with Gasteiger partial charge in [0.2, 0.25) is 10.0 Å². The van der Waals surface area contributed by atoms with Crippen molar-refractivity contribution in [1.29, 1.82) is 0 Å². The summed E-state index contributed by atoms with van der Waals surface area (Å²) >= 11 is 0. The van der Waals surface area contributed by atoms with Gasteiger partial charge in [-0.1, -0.05) is 0 Å². The molecule has 0 saturated carbocycles. The van der Waals surface area contributed by atoms with Crippen molar-refractivity contribution < 1.29 is 17.5 Å². The standard InChI is InChI=1S/C16H20FN3O3S/c1-12-9-13(5-8-23-12)11-19-24(21,22)14-3-4-16(15(17)10-14)20-7-2-6-18-20/h2-4,6-7,10,12-13,19H,5,8-9,11H2,1H3. The quantitative estimate of drug-likeness (QED) is 0.893. The van der Waals surface area contributed by atoms with Gasteiger partial charge in [-0.3, -0.25) is 0 Å². The highest BCUT2D eigenvalue weighted by Gasteiger charge is 2.23. The molecule has 6 nitrogen and oxygen atoms in total. The molecule has 2 aromatic rings. The van der Waals surface area contributed by atoms with Crippen molar-refractivity contribution in [1.82, 2.24) is 14.5 Å². The molecule has 0 amide bonds. The van der Waals surface area contributed by atoms with E-state index in [0.717, 1.165) is 18.9 Å². The highest BCUT2D eigenvalue weighted by atomic mass is 32.2. The Morgan fingerprint density at radius 1 is 1.46 bits per heavy atom. The SMILES string of the molecule is CC1CC(CNS(=O)(=O)c2ccc(-n3cccn3)c(F)c2)CCO1. The molecule has 2 heterocycles. The lowest BCUT2D eigenvalue weighted by Crippen LogP contribution is -2.34. The van der Waals surface area contributed by atoms with Crippen molar-refractivity contribution >= 4 is 10.0 Å². The second-order valence-corrected chi connectivity index (χ2v) is 7.75. The summed E-state index contributed by atoms with van der Waals surface area (Å²) in [7, 11) is -3.75. The monoisotopic (exact) mass is 353 g/mol. The zero-order chi connectivity index (χ0) is 17.2. The molecule has 0 aliphatic carbocycles. The smallest absolute Gasteiger partial charge is 0.240 e. The zero-order valence-electron chi connectivity index (χ0n) is 13.4. The van der Waals surface area contributed by atoms with Crippen LogP contribution in [0.5, 0.6) is 0 Å². The first-order chi connectivity index (χ1) is 11.5. The third kappa shape index (κ3) is 3.82. The molecule has 3 rings (SSSR count). The molecule has 130 valence electrons. The topological polar surface area (TPSA) is 73.2 Å². The van der Waals surface area contributed by atoms with Gasteiger partial charge in [0, 0.05) is 25.5 Å². The summed E-state index contributed by atoms with van der Waals surface area (Å²) in [5.74, 6) is -0.405. The van der Waals surface area contributed by atoms with E-state index in [4.69, 9.17) is 4.74 Å². The predicted octanol–water partition coefficient (Wildman–Crippen LogP) is 2.10. The molecule has 1 aromatic carbocycles. The molecule has 1 saturated heterocycles. The Bertz CT molecular complexity index is 793. The summed E-state index contributed by atoms with van der Waals surface area (Å²) < 4.78 is 48.3. The van der Waals surface area contributed by atoms with Gasteiger partial charge in [-0.15, -0.1) is 0 Å². The third-order valence-corrected chi connectivity index (χ3v) is 5.56. The molecule has 2 atom stereocenters. The van der Waals surface area contributed by atoms with Crippen molar-refractivity contribution in [3.8, 4) is 5.69 Å². The van der Waals surface area contributed by atoms with Crippen molar-refractivity contribution in [2.45, 2.75) is 30.8 Å². The summed E-state index contributed by atoms with van der Waals surface area (Å²) in [6, 6.07) is 5.48. The van der Waals surface area contributed by atoms with Crippen LogP contribution < -0.4 is 4.72 Å². The summed E-state index contributed by atoms with van der Waals surface area (Å²) in [5, 5.41) is 3.94. The van der Waals surface area contributed by atoms with Crippen LogP contribution in [-0.2, 0) is 14.8 Å². The van der Waals surface area contributed by atoms with Crippen molar-refractivity contribution in [3.05, 3.63) is 42.5 Å². The maximum Gasteiger partial charge on any atom is 0.240 e. The van der Waals surface area contributed by atoms with E-state index in [1.54, 1.807) is 12.3 Å². The summed E-state index contributed by atoms with van der Waals surface area (Å²) in [5.41, 5.74) is 0.206. The van der Waals surface area contributed by atoms with E-state index in [9.17, 15) is 12.8 Å². The van der Waals surface area contributed by atoms with Gasteiger partial charge in [0.1, 0.15) is 11.5 Å². The Balaban J connectivity index is 1.71. The number of ether oxygens (including phenoxy) is 1. The Morgan fingerprint density at radius 2 is 2.29 bits per heavy atom. The number of benzene rings is 1. The second-order valence-electron chi connectivity index (χ2n) is 5.99. The van der Waals surface area contributed by atoms with Gasteiger partial charge in [-0.05, 0) is 49.9 Å². The fraction of sp³-hybridized carbons (Fsp3) is 0.438. The lowest BCUT2D eigenvalue weighted by molar-refractivity contribution is 0.00397. The average Bonchev–Trinajstić information content (AvgIpc) is 3.07. The van der Waals surface area contributed by atoms with Gasteiger partial charge in [-0.25, -0.2) is 22.2 Å². The molecule has 24 heavy (non-hydrogen) atoms. The molecule has 1 aliphatic heterocycles. The van der Waals surface area contributed by atoms with Crippen LogP contribution in [0, 0.1) is 11.7 Å². The molecular formula is C16H20FN3O3S. The van der Waals surface area contributed by atoms with Crippen LogP contribution in [0.4, 0.5) is 4.39 Å². The molecule has 0 radical (unpaired) electrons. The first kappa shape index (κ1) is 17.1. The minimum atomic E-state index is -3.75.